The molecule has 0 aliphatic carbocycles. The number of likely N-dealkylation sites (tertiary alicyclic amines) is 1. The maximum Gasteiger partial charge on any atom is 0.162 e. The molecule has 0 bridgehead atoms. The molecule has 24 heavy (non-hydrogen) atoms. The summed E-state index contributed by atoms with van der Waals surface area (Å²) in [7, 11) is -4.58. The number of fused-ring (bicyclic) bond motifs is 1. The number of nitrogens with zero attached hydrogens (tertiary/aromatic N) is 1. The second-order valence-corrected chi connectivity index (χ2v) is 8.72. The zero-order chi connectivity index (χ0) is 17.7. The predicted molar refractivity (Wildman–Crippen MR) is 91.2 cm³/mol. The Hall–Kier alpha value is -0.570. The molecule has 1 atom stereocenters. The van der Waals surface area contributed by atoms with Crippen LogP contribution < -0.4 is 9.46 Å². The van der Waals surface area contributed by atoms with Crippen LogP contribution in [0.15, 0.2) is 6.07 Å². The first-order valence-corrected chi connectivity index (χ1v) is 9.90. The van der Waals surface area contributed by atoms with Crippen LogP contribution in [0.4, 0.5) is 0 Å². The average molecular weight is 394 g/mol. The number of hydrogen-bond donors (Lipinski definition) is 1. The normalized spacial score (nSPS) is 23.3. The van der Waals surface area contributed by atoms with Crippen molar-refractivity contribution in [3.05, 3.63) is 27.2 Å². The van der Waals surface area contributed by atoms with Gasteiger partial charge in [-0.05, 0) is 18.9 Å². The maximum atomic E-state index is 10.8. The minimum Gasteiger partial charge on any atom is -0.735 e. The third-order valence-electron chi connectivity index (χ3n) is 4.68. The van der Waals surface area contributed by atoms with E-state index in [9.17, 15) is 13.0 Å². The summed E-state index contributed by atoms with van der Waals surface area (Å²) in [6.07, 6.45) is 2.13. The van der Waals surface area contributed by atoms with Crippen LogP contribution in [0.5, 0.6) is 5.75 Å². The van der Waals surface area contributed by atoms with Crippen molar-refractivity contribution in [3.8, 4) is 5.75 Å². The van der Waals surface area contributed by atoms with Crippen LogP contribution in [-0.4, -0.2) is 37.2 Å². The van der Waals surface area contributed by atoms with Gasteiger partial charge in [-0.15, -0.1) is 0 Å². The van der Waals surface area contributed by atoms with E-state index < -0.39 is 10.3 Å². The van der Waals surface area contributed by atoms with Crippen LogP contribution in [0.2, 0.25) is 10.0 Å². The van der Waals surface area contributed by atoms with E-state index in [1.54, 1.807) is 6.07 Å². The Labute approximate surface area is 151 Å². The van der Waals surface area contributed by atoms with Gasteiger partial charge in [0.05, 0.1) is 10.0 Å². The molecule has 1 saturated heterocycles. The summed E-state index contributed by atoms with van der Waals surface area (Å²) in [6.45, 7) is 5.78. The Morgan fingerprint density at radius 2 is 2.00 bits per heavy atom. The second kappa shape index (κ2) is 6.30. The van der Waals surface area contributed by atoms with Crippen molar-refractivity contribution in [3.63, 3.8) is 0 Å². The molecule has 9 heteroatoms. The maximum absolute atomic E-state index is 10.8. The lowest BCUT2D eigenvalue weighted by molar-refractivity contribution is 0.0143. The van der Waals surface area contributed by atoms with Gasteiger partial charge in [0.15, 0.2) is 16.5 Å². The minimum atomic E-state index is -4.58. The lowest BCUT2D eigenvalue weighted by atomic mass is 9.83. The summed E-state index contributed by atoms with van der Waals surface area (Å²) < 4.78 is 40.5. The highest BCUT2D eigenvalue weighted by Crippen LogP contribution is 2.50. The van der Waals surface area contributed by atoms with Gasteiger partial charge < -0.3 is 9.29 Å². The van der Waals surface area contributed by atoms with Gasteiger partial charge in [0.2, 0.25) is 0 Å². The van der Waals surface area contributed by atoms with Gasteiger partial charge in [-0.1, -0.05) is 37.0 Å². The van der Waals surface area contributed by atoms with Gasteiger partial charge in [-0.3, -0.25) is 4.90 Å². The largest absolute Gasteiger partial charge is 0.735 e. The molecule has 3 rings (SSSR count). The van der Waals surface area contributed by atoms with Crippen LogP contribution in [0.1, 0.15) is 37.8 Å². The van der Waals surface area contributed by atoms with Crippen LogP contribution in [0, 0.1) is 0 Å². The highest BCUT2D eigenvalue weighted by atomic mass is 35.5. The number of benzene rings is 1. The van der Waals surface area contributed by atoms with Gasteiger partial charge >= 0.3 is 0 Å². The molecule has 134 valence electrons. The lowest BCUT2D eigenvalue weighted by Crippen LogP contribution is -2.46. The van der Waals surface area contributed by atoms with Crippen molar-refractivity contribution in [1.29, 1.82) is 0 Å². The number of hydrogen-bond acceptors (Lipinski definition) is 5. The molecule has 0 aromatic heterocycles. The molecule has 6 nitrogen and oxygen atoms in total. The average Bonchev–Trinajstić information content (AvgIpc) is 3.03. The van der Waals surface area contributed by atoms with Crippen LogP contribution in [-0.2, 0) is 22.3 Å². The molecule has 1 unspecified atom stereocenters. The van der Waals surface area contributed by atoms with E-state index in [4.69, 9.17) is 27.9 Å². The van der Waals surface area contributed by atoms with Crippen molar-refractivity contribution < 1.29 is 17.7 Å². The first-order chi connectivity index (χ1) is 11.1. The van der Waals surface area contributed by atoms with Crippen LogP contribution >= 0.6 is 23.2 Å². The monoisotopic (exact) mass is 393 g/mol. The van der Waals surface area contributed by atoms with E-state index in [0.717, 1.165) is 31.5 Å². The lowest BCUT2D eigenvalue weighted by Gasteiger charge is -2.33. The van der Waals surface area contributed by atoms with E-state index in [1.165, 1.54) is 0 Å². The van der Waals surface area contributed by atoms with Crippen LogP contribution in [0.3, 0.4) is 0 Å². The van der Waals surface area contributed by atoms with Gasteiger partial charge in [0.25, 0.3) is 0 Å². The molecule has 1 N–H and O–H groups in total. The van der Waals surface area contributed by atoms with Crippen molar-refractivity contribution in [2.24, 2.45) is 0 Å². The Bertz CT molecular complexity index is 761. The fraction of sp³-hybridized carbons (Fsp3) is 0.600. The SMILES string of the molecule is CC1(C)c2c(cc(Cl)c(CNS(=O)(=O)[O-])c2Cl)OC1N1CCCC1. The standard InChI is InChI=1S/C15H20Cl2N2O4S/c1-15(2)12-11(23-14(15)19-5-3-4-6-19)7-10(16)9(13(12)17)8-18-24(20,21)22/h7,14,18H,3-6,8H2,1-2H3,(H,20,21,22)/p-1. The smallest absolute Gasteiger partial charge is 0.162 e. The zero-order valence-electron chi connectivity index (χ0n) is 13.4. The number of rotatable bonds is 4. The molecule has 1 aromatic rings. The third kappa shape index (κ3) is 3.25. The van der Waals surface area contributed by atoms with E-state index >= 15 is 0 Å². The van der Waals surface area contributed by atoms with Crippen molar-refractivity contribution in [1.82, 2.24) is 9.62 Å². The van der Waals surface area contributed by atoms with E-state index in [0.29, 0.717) is 16.3 Å². The van der Waals surface area contributed by atoms with Crippen molar-refractivity contribution in [2.45, 2.75) is 44.9 Å². The van der Waals surface area contributed by atoms with E-state index in [1.807, 2.05) is 18.6 Å². The molecule has 1 aromatic carbocycles. The molecular formula is C15H19Cl2N2O4S-. The van der Waals surface area contributed by atoms with Crippen molar-refractivity contribution in [2.75, 3.05) is 13.1 Å². The minimum absolute atomic E-state index is 0.144. The first kappa shape index (κ1) is 18.2. The fourth-order valence-electron chi connectivity index (χ4n) is 3.55. The molecule has 2 aliphatic heterocycles. The summed E-state index contributed by atoms with van der Waals surface area (Å²) in [4.78, 5) is 2.28. The Morgan fingerprint density at radius 1 is 1.38 bits per heavy atom. The van der Waals surface area contributed by atoms with E-state index in [-0.39, 0.29) is 23.2 Å². The predicted octanol–water partition coefficient (Wildman–Crippen LogP) is 2.64. The number of halogens is 2. The molecule has 2 aliphatic rings. The fourth-order valence-corrected chi connectivity index (χ4v) is 4.69. The summed E-state index contributed by atoms with van der Waals surface area (Å²) in [6, 6.07) is 1.65. The Balaban J connectivity index is 1.99. The summed E-state index contributed by atoms with van der Waals surface area (Å²) in [5, 5.41) is 0.619. The molecule has 0 spiro atoms. The van der Waals surface area contributed by atoms with Crippen LogP contribution in [0.25, 0.3) is 0 Å². The summed E-state index contributed by atoms with van der Waals surface area (Å²) in [5.74, 6) is 0.612. The Kier molecular flexibility index (Phi) is 4.79. The molecule has 2 heterocycles. The molecule has 0 amide bonds. The first-order valence-electron chi connectivity index (χ1n) is 7.74. The third-order valence-corrected chi connectivity index (χ3v) is 5.93. The van der Waals surface area contributed by atoms with Gasteiger partial charge in [0, 0.05) is 36.2 Å². The number of ether oxygens (including phenoxy) is 1. The van der Waals surface area contributed by atoms with Gasteiger partial charge in [-0.2, -0.15) is 0 Å². The second-order valence-electron chi connectivity index (χ2n) is 6.73. The zero-order valence-corrected chi connectivity index (χ0v) is 15.8. The highest BCUT2D eigenvalue weighted by molar-refractivity contribution is 7.83. The van der Waals surface area contributed by atoms with Crippen molar-refractivity contribution >= 4 is 33.5 Å². The number of nitrogens with one attached hydrogen (secondary N) is 1. The Morgan fingerprint density at radius 3 is 2.58 bits per heavy atom. The summed E-state index contributed by atoms with van der Waals surface area (Å²) >= 11 is 12.8. The molecule has 1 fully saturated rings. The topological polar surface area (TPSA) is 81.7 Å². The molecular weight excluding hydrogens is 375 g/mol. The summed E-state index contributed by atoms with van der Waals surface area (Å²) in [5.41, 5.74) is 0.799. The molecule has 0 saturated carbocycles. The highest BCUT2D eigenvalue weighted by Gasteiger charge is 2.47. The van der Waals surface area contributed by atoms with Gasteiger partial charge in [-0.25, -0.2) is 13.1 Å². The van der Waals surface area contributed by atoms with Gasteiger partial charge in [0.1, 0.15) is 5.75 Å². The molecule has 0 radical (unpaired) electrons. The quantitative estimate of drug-likeness (QED) is 0.794. The van der Waals surface area contributed by atoms with E-state index in [2.05, 4.69) is 4.90 Å².